The molecule has 2 unspecified atom stereocenters. The number of alkyl halides is 3. The molecule has 0 aromatic rings. The minimum atomic E-state index is -4.09. The molecule has 2 atom stereocenters. The maximum absolute atomic E-state index is 12.5. The highest BCUT2D eigenvalue weighted by Crippen LogP contribution is 2.34. The molecule has 2 heterocycles. The number of aliphatic carboxylic acids is 1. The van der Waals surface area contributed by atoms with Gasteiger partial charge in [0.05, 0.1) is 12.0 Å². The van der Waals surface area contributed by atoms with Crippen LogP contribution in [0.25, 0.3) is 0 Å². The SMILES string of the molecule is O=C(O)C1CCC(CN2CCC(C(F)(F)F)CC2)O1. The number of ether oxygens (including phenoxy) is 1. The van der Waals surface area contributed by atoms with E-state index in [2.05, 4.69) is 0 Å². The molecular formula is C12H18F3NO3. The van der Waals surface area contributed by atoms with Crippen molar-refractivity contribution in [3.05, 3.63) is 0 Å². The molecule has 0 aromatic carbocycles. The zero-order valence-electron chi connectivity index (χ0n) is 10.5. The lowest BCUT2D eigenvalue weighted by Gasteiger charge is -2.34. The summed E-state index contributed by atoms with van der Waals surface area (Å²) < 4.78 is 42.9. The molecular weight excluding hydrogens is 263 g/mol. The number of likely N-dealkylation sites (tertiary alicyclic amines) is 1. The van der Waals surface area contributed by atoms with Crippen LogP contribution in [-0.4, -0.2) is 54.0 Å². The maximum atomic E-state index is 12.5. The van der Waals surface area contributed by atoms with Crippen molar-refractivity contribution >= 4 is 5.97 Å². The number of hydrogen-bond donors (Lipinski definition) is 1. The highest BCUT2D eigenvalue weighted by molar-refractivity contribution is 5.72. The van der Waals surface area contributed by atoms with Crippen LogP contribution >= 0.6 is 0 Å². The smallest absolute Gasteiger partial charge is 0.391 e. The minimum Gasteiger partial charge on any atom is -0.479 e. The molecule has 0 aromatic heterocycles. The van der Waals surface area contributed by atoms with Gasteiger partial charge in [0, 0.05) is 6.54 Å². The number of nitrogens with zero attached hydrogens (tertiary/aromatic N) is 1. The summed E-state index contributed by atoms with van der Waals surface area (Å²) in [5.41, 5.74) is 0. The molecule has 110 valence electrons. The van der Waals surface area contributed by atoms with E-state index in [1.165, 1.54) is 0 Å². The summed E-state index contributed by atoms with van der Waals surface area (Å²) in [6.07, 6.45) is -3.61. The Balaban J connectivity index is 1.73. The highest BCUT2D eigenvalue weighted by Gasteiger charge is 2.41. The molecule has 0 spiro atoms. The van der Waals surface area contributed by atoms with E-state index in [-0.39, 0.29) is 18.9 Å². The van der Waals surface area contributed by atoms with Crippen LogP contribution < -0.4 is 0 Å². The largest absolute Gasteiger partial charge is 0.479 e. The van der Waals surface area contributed by atoms with E-state index in [1.807, 2.05) is 4.90 Å². The summed E-state index contributed by atoms with van der Waals surface area (Å²) in [7, 11) is 0. The fourth-order valence-corrected chi connectivity index (χ4v) is 2.75. The highest BCUT2D eigenvalue weighted by atomic mass is 19.4. The second-order valence-electron chi connectivity index (χ2n) is 5.28. The number of carbonyl (C=O) groups is 1. The summed E-state index contributed by atoms with van der Waals surface area (Å²) >= 11 is 0. The zero-order chi connectivity index (χ0) is 14.0. The number of piperidine rings is 1. The summed E-state index contributed by atoms with van der Waals surface area (Å²) in [4.78, 5) is 12.7. The van der Waals surface area contributed by atoms with E-state index >= 15 is 0 Å². The number of carboxylic acid groups (broad SMARTS) is 1. The molecule has 2 aliphatic rings. The van der Waals surface area contributed by atoms with Crippen LogP contribution in [0.4, 0.5) is 13.2 Å². The first-order valence-corrected chi connectivity index (χ1v) is 6.53. The second-order valence-corrected chi connectivity index (χ2v) is 5.28. The Labute approximate surface area is 109 Å². The Hall–Kier alpha value is -0.820. The second kappa shape index (κ2) is 5.66. The van der Waals surface area contributed by atoms with E-state index < -0.39 is 24.2 Å². The molecule has 1 N–H and O–H groups in total. The maximum Gasteiger partial charge on any atom is 0.391 e. The monoisotopic (exact) mass is 281 g/mol. The number of carboxylic acids is 1. The summed E-state index contributed by atoms with van der Waals surface area (Å²) in [6, 6.07) is 0. The molecule has 2 rings (SSSR count). The first-order valence-electron chi connectivity index (χ1n) is 6.53. The van der Waals surface area contributed by atoms with E-state index in [0.29, 0.717) is 32.5 Å². The molecule has 4 nitrogen and oxygen atoms in total. The van der Waals surface area contributed by atoms with Crippen molar-refractivity contribution in [2.24, 2.45) is 5.92 Å². The molecule has 0 bridgehead atoms. The quantitative estimate of drug-likeness (QED) is 0.858. The van der Waals surface area contributed by atoms with Gasteiger partial charge in [-0.25, -0.2) is 4.79 Å². The lowest BCUT2D eigenvalue weighted by atomic mass is 9.96. The van der Waals surface area contributed by atoms with E-state index in [0.717, 1.165) is 0 Å². The molecule has 0 radical (unpaired) electrons. The van der Waals surface area contributed by atoms with Crippen LogP contribution in [0, 0.1) is 5.92 Å². The zero-order valence-corrected chi connectivity index (χ0v) is 10.5. The molecule has 2 aliphatic heterocycles. The van der Waals surface area contributed by atoms with Gasteiger partial charge in [-0.15, -0.1) is 0 Å². The molecule has 0 amide bonds. The third kappa shape index (κ3) is 3.82. The number of halogens is 3. The Morgan fingerprint density at radius 2 is 1.84 bits per heavy atom. The van der Waals surface area contributed by atoms with Crippen molar-refractivity contribution in [2.45, 2.75) is 44.1 Å². The minimum absolute atomic E-state index is 0.124. The standard InChI is InChI=1S/C12H18F3NO3/c13-12(14,15)8-3-5-16(6-4-8)7-9-1-2-10(19-9)11(17)18/h8-10H,1-7H2,(H,17,18). The number of rotatable bonds is 3. The van der Waals surface area contributed by atoms with Crippen molar-refractivity contribution < 1.29 is 27.8 Å². The van der Waals surface area contributed by atoms with Gasteiger partial charge in [0.2, 0.25) is 0 Å². The Kier molecular flexibility index (Phi) is 4.35. The van der Waals surface area contributed by atoms with Gasteiger partial charge in [0.25, 0.3) is 0 Å². The van der Waals surface area contributed by atoms with Gasteiger partial charge in [0.1, 0.15) is 0 Å². The summed E-state index contributed by atoms with van der Waals surface area (Å²) in [5.74, 6) is -2.15. The molecule has 19 heavy (non-hydrogen) atoms. The summed E-state index contributed by atoms with van der Waals surface area (Å²) in [6.45, 7) is 1.35. The van der Waals surface area contributed by atoms with E-state index in [4.69, 9.17) is 9.84 Å². The van der Waals surface area contributed by atoms with Gasteiger partial charge in [-0.1, -0.05) is 0 Å². The fourth-order valence-electron chi connectivity index (χ4n) is 2.75. The molecule has 0 aliphatic carbocycles. The van der Waals surface area contributed by atoms with E-state index in [9.17, 15) is 18.0 Å². The third-order valence-corrected chi connectivity index (χ3v) is 3.90. The van der Waals surface area contributed by atoms with Gasteiger partial charge >= 0.3 is 12.1 Å². The topological polar surface area (TPSA) is 49.8 Å². The molecule has 7 heteroatoms. The molecule has 2 saturated heterocycles. The van der Waals surface area contributed by atoms with Crippen molar-refractivity contribution in [2.75, 3.05) is 19.6 Å². The number of hydrogen-bond acceptors (Lipinski definition) is 3. The van der Waals surface area contributed by atoms with Gasteiger partial charge in [-0.3, -0.25) is 0 Å². The molecule has 2 fully saturated rings. The van der Waals surface area contributed by atoms with Gasteiger partial charge in [-0.2, -0.15) is 13.2 Å². The predicted molar refractivity (Wildman–Crippen MR) is 60.7 cm³/mol. The average Bonchev–Trinajstić information content (AvgIpc) is 2.77. The lowest BCUT2D eigenvalue weighted by molar-refractivity contribution is -0.185. The van der Waals surface area contributed by atoms with Crippen molar-refractivity contribution in [1.82, 2.24) is 4.90 Å². The normalized spacial score (nSPS) is 30.7. The Bertz CT molecular complexity index is 327. The average molecular weight is 281 g/mol. The van der Waals surface area contributed by atoms with Gasteiger partial charge in [-0.05, 0) is 38.8 Å². The van der Waals surface area contributed by atoms with Gasteiger partial charge < -0.3 is 14.7 Å². The van der Waals surface area contributed by atoms with Crippen LogP contribution in [0.2, 0.25) is 0 Å². The van der Waals surface area contributed by atoms with Crippen molar-refractivity contribution in [3.8, 4) is 0 Å². The van der Waals surface area contributed by atoms with Crippen LogP contribution in [-0.2, 0) is 9.53 Å². The Morgan fingerprint density at radius 1 is 1.21 bits per heavy atom. The summed E-state index contributed by atoms with van der Waals surface area (Å²) in [5, 5.41) is 8.80. The third-order valence-electron chi connectivity index (χ3n) is 3.90. The van der Waals surface area contributed by atoms with Gasteiger partial charge in [0.15, 0.2) is 6.10 Å². The predicted octanol–water partition coefficient (Wildman–Crippen LogP) is 1.89. The van der Waals surface area contributed by atoms with Crippen molar-refractivity contribution in [3.63, 3.8) is 0 Å². The first kappa shape index (κ1) is 14.6. The molecule has 0 saturated carbocycles. The van der Waals surface area contributed by atoms with E-state index in [1.54, 1.807) is 0 Å². The Morgan fingerprint density at radius 3 is 2.32 bits per heavy atom. The van der Waals surface area contributed by atoms with Crippen molar-refractivity contribution in [1.29, 1.82) is 0 Å². The van der Waals surface area contributed by atoms with Crippen LogP contribution in [0.5, 0.6) is 0 Å². The lowest BCUT2D eigenvalue weighted by Crippen LogP contribution is -2.42. The fraction of sp³-hybridized carbons (Fsp3) is 0.917. The first-order chi connectivity index (χ1) is 8.86. The van der Waals surface area contributed by atoms with Crippen LogP contribution in [0.3, 0.4) is 0 Å². The van der Waals surface area contributed by atoms with Crippen LogP contribution in [0.1, 0.15) is 25.7 Å². The van der Waals surface area contributed by atoms with Crippen LogP contribution in [0.15, 0.2) is 0 Å².